The molecule has 2 aliphatic rings. The number of ether oxygens (including phenoxy) is 1. The molecule has 4 amide bonds. The van der Waals surface area contributed by atoms with Gasteiger partial charge in [-0.3, -0.25) is 14.9 Å². The summed E-state index contributed by atoms with van der Waals surface area (Å²) in [5.41, 5.74) is 2.08. The van der Waals surface area contributed by atoms with Crippen LogP contribution in [0.25, 0.3) is 16.8 Å². The predicted molar refractivity (Wildman–Crippen MR) is 122 cm³/mol. The van der Waals surface area contributed by atoms with Gasteiger partial charge in [0.1, 0.15) is 5.57 Å². The maximum absolute atomic E-state index is 13.2. The summed E-state index contributed by atoms with van der Waals surface area (Å²) >= 11 is 0. The van der Waals surface area contributed by atoms with Crippen LogP contribution in [-0.4, -0.2) is 44.1 Å². The maximum Gasteiger partial charge on any atom is 0.335 e. The Morgan fingerprint density at radius 3 is 2.25 bits per heavy atom. The Labute approximate surface area is 184 Å². The number of fused-ring (bicyclic) bond motifs is 1. The van der Waals surface area contributed by atoms with E-state index in [9.17, 15) is 14.4 Å². The molecule has 0 aliphatic carbocycles. The number of barbiturate groups is 1. The quantitative estimate of drug-likeness (QED) is 0.512. The van der Waals surface area contributed by atoms with Crippen molar-refractivity contribution in [1.29, 1.82) is 0 Å². The Hall–Kier alpha value is -3.97. The Kier molecular flexibility index (Phi) is 5.17. The molecule has 0 atom stereocenters. The number of benzene rings is 3. The second-order valence-electron chi connectivity index (χ2n) is 7.68. The first-order chi connectivity index (χ1) is 15.6. The molecule has 7 nitrogen and oxygen atoms in total. The zero-order valence-electron chi connectivity index (χ0n) is 17.3. The lowest BCUT2D eigenvalue weighted by Gasteiger charge is -2.29. The second-order valence-corrected chi connectivity index (χ2v) is 7.68. The van der Waals surface area contributed by atoms with Gasteiger partial charge in [-0.15, -0.1) is 0 Å². The first-order valence-corrected chi connectivity index (χ1v) is 10.4. The van der Waals surface area contributed by atoms with E-state index < -0.39 is 17.8 Å². The van der Waals surface area contributed by atoms with E-state index in [0.717, 1.165) is 34.4 Å². The third-order valence-electron chi connectivity index (χ3n) is 5.67. The molecule has 2 aliphatic heterocycles. The Morgan fingerprint density at radius 2 is 1.50 bits per heavy atom. The van der Waals surface area contributed by atoms with Crippen molar-refractivity contribution in [2.24, 2.45) is 0 Å². The van der Waals surface area contributed by atoms with E-state index in [2.05, 4.69) is 10.2 Å². The summed E-state index contributed by atoms with van der Waals surface area (Å²) in [5, 5.41) is 4.17. The van der Waals surface area contributed by atoms with Crippen molar-refractivity contribution in [3.05, 3.63) is 77.9 Å². The van der Waals surface area contributed by atoms with Crippen LogP contribution in [0, 0.1) is 0 Å². The molecular weight excluding hydrogens is 406 g/mol. The summed E-state index contributed by atoms with van der Waals surface area (Å²) in [5.74, 6) is -1.35. The molecule has 1 N–H and O–H groups in total. The SMILES string of the molecule is O=C1NC(=O)N(c2ccc3ccccc3c2)C(=O)/C1=C\c1ccc(N2CCOCC2)cc1. The molecule has 3 aromatic carbocycles. The standard InChI is InChI=1S/C25H21N3O4/c29-23-22(15-17-5-8-20(9-6-17)27-11-13-32-14-12-27)24(30)28(25(31)26-23)21-10-7-18-3-1-2-4-19(18)16-21/h1-10,15-16H,11-14H2,(H,26,29,31)/b22-15-. The lowest BCUT2D eigenvalue weighted by Crippen LogP contribution is -2.54. The number of nitrogens with one attached hydrogen (secondary N) is 1. The van der Waals surface area contributed by atoms with Crippen LogP contribution in [-0.2, 0) is 14.3 Å². The number of carbonyl (C=O) groups is 3. The summed E-state index contributed by atoms with van der Waals surface area (Å²) in [6.45, 7) is 3.03. The number of hydrogen-bond donors (Lipinski definition) is 1. The van der Waals surface area contributed by atoms with Crippen LogP contribution in [0.3, 0.4) is 0 Å². The molecule has 2 heterocycles. The number of amides is 4. The van der Waals surface area contributed by atoms with E-state index in [1.807, 2.05) is 54.6 Å². The van der Waals surface area contributed by atoms with Crippen LogP contribution >= 0.6 is 0 Å². The van der Waals surface area contributed by atoms with Crippen LogP contribution in [0.1, 0.15) is 5.56 Å². The fraction of sp³-hybridized carbons (Fsp3) is 0.160. The van der Waals surface area contributed by atoms with Gasteiger partial charge in [-0.25, -0.2) is 9.69 Å². The first-order valence-electron chi connectivity index (χ1n) is 10.4. The molecule has 3 aromatic rings. The Balaban J connectivity index is 1.44. The number of nitrogens with zero attached hydrogens (tertiary/aromatic N) is 2. The number of urea groups is 1. The lowest BCUT2D eigenvalue weighted by molar-refractivity contribution is -0.122. The van der Waals surface area contributed by atoms with E-state index in [1.54, 1.807) is 12.1 Å². The van der Waals surface area contributed by atoms with Gasteiger partial charge in [0.25, 0.3) is 11.8 Å². The summed E-state index contributed by atoms with van der Waals surface area (Å²) in [7, 11) is 0. The third-order valence-corrected chi connectivity index (χ3v) is 5.67. The molecule has 0 aromatic heterocycles. The highest BCUT2D eigenvalue weighted by Crippen LogP contribution is 2.26. The smallest absolute Gasteiger partial charge is 0.335 e. The van der Waals surface area contributed by atoms with Gasteiger partial charge in [-0.05, 0) is 46.7 Å². The van der Waals surface area contributed by atoms with Crippen molar-refractivity contribution in [2.75, 3.05) is 36.1 Å². The predicted octanol–water partition coefficient (Wildman–Crippen LogP) is 3.34. The highest BCUT2D eigenvalue weighted by Gasteiger charge is 2.36. The van der Waals surface area contributed by atoms with E-state index in [-0.39, 0.29) is 5.57 Å². The molecule has 0 spiro atoms. The molecule has 7 heteroatoms. The van der Waals surface area contributed by atoms with E-state index in [1.165, 1.54) is 6.08 Å². The number of morpholine rings is 1. The molecule has 0 unspecified atom stereocenters. The van der Waals surface area contributed by atoms with Gasteiger partial charge < -0.3 is 9.64 Å². The van der Waals surface area contributed by atoms with Crippen LogP contribution in [0.2, 0.25) is 0 Å². The van der Waals surface area contributed by atoms with Gasteiger partial charge in [0, 0.05) is 18.8 Å². The minimum Gasteiger partial charge on any atom is -0.378 e. The van der Waals surface area contributed by atoms with Crippen molar-refractivity contribution in [3.8, 4) is 0 Å². The van der Waals surface area contributed by atoms with Gasteiger partial charge in [-0.2, -0.15) is 0 Å². The van der Waals surface area contributed by atoms with Crippen molar-refractivity contribution in [2.45, 2.75) is 0 Å². The van der Waals surface area contributed by atoms with Gasteiger partial charge in [0.15, 0.2) is 0 Å². The fourth-order valence-corrected chi connectivity index (χ4v) is 3.98. The highest BCUT2D eigenvalue weighted by molar-refractivity contribution is 6.39. The topological polar surface area (TPSA) is 79.0 Å². The molecule has 0 saturated carbocycles. The lowest BCUT2D eigenvalue weighted by atomic mass is 10.1. The summed E-state index contributed by atoms with van der Waals surface area (Å²) in [4.78, 5) is 41.3. The third kappa shape index (κ3) is 3.74. The van der Waals surface area contributed by atoms with Crippen molar-refractivity contribution >= 4 is 46.1 Å². The molecule has 0 radical (unpaired) electrons. The number of rotatable bonds is 3. The molecule has 2 fully saturated rings. The number of carbonyl (C=O) groups excluding carboxylic acids is 3. The van der Waals surface area contributed by atoms with E-state index in [0.29, 0.717) is 24.5 Å². The molecule has 32 heavy (non-hydrogen) atoms. The van der Waals surface area contributed by atoms with Gasteiger partial charge in [0.05, 0.1) is 18.9 Å². The molecule has 0 bridgehead atoms. The zero-order valence-corrected chi connectivity index (χ0v) is 17.3. The van der Waals surface area contributed by atoms with Gasteiger partial charge in [0.2, 0.25) is 0 Å². The molecule has 160 valence electrons. The summed E-state index contributed by atoms with van der Waals surface area (Å²) < 4.78 is 5.38. The minimum atomic E-state index is -0.755. The normalized spacial score (nSPS) is 18.4. The van der Waals surface area contributed by atoms with Crippen LogP contribution < -0.4 is 15.1 Å². The van der Waals surface area contributed by atoms with Crippen molar-refractivity contribution in [3.63, 3.8) is 0 Å². The maximum atomic E-state index is 13.2. The molecule has 2 saturated heterocycles. The first kappa shape index (κ1) is 20.0. The largest absolute Gasteiger partial charge is 0.378 e. The van der Waals surface area contributed by atoms with Gasteiger partial charge >= 0.3 is 6.03 Å². The minimum absolute atomic E-state index is 0.0862. The van der Waals surface area contributed by atoms with Crippen molar-refractivity contribution in [1.82, 2.24) is 5.32 Å². The van der Waals surface area contributed by atoms with Crippen LogP contribution in [0.4, 0.5) is 16.2 Å². The number of anilines is 2. The summed E-state index contributed by atoms with van der Waals surface area (Å²) in [6.07, 6.45) is 1.52. The van der Waals surface area contributed by atoms with Gasteiger partial charge in [-0.1, -0.05) is 42.5 Å². The monoisotopic (exact) mass is 427 g/mol. The van der Waals surface area contributed by atoms with E-state index in [4.69, 9.17) is 4.74 Å². The fourth-order valence-electron chi connectivity index (χ4n) is 3.98. The molecular formula is C25H21N3O4. The number of hydrogen-bond acceptors (Lipinski definition) is 5. The molecule has 5 rings (SSSR count). The average Bonchev–Trinajstić information content (AvgIpc) is 2.82. The van der Waals surface area contributed by atoms with Crippen LogP contribution in [0.15, 0.2) is 72.3 Å². The van der Waals surface area contributed by atoms with E-state index >= 15 is 0 Å². The average molecular weight is 427 g/mol. The number of imide groups is 2. The summed E-state index contributed by atoms with van der Waals surface area (Å²) in [6, 6.07) is 19.8. The van der Waals surface area contributed by atoms with Crippen molar-refractivity contribution < 1.29 is 19.1 Å². The van der Waals surface area contributed by atoms with Crippen LogP contribution in [0.5, 0.6) is 0 Å². The second kappa shape index (κ2) is 8.28. The Morgan fingerprint density at radius 1 is 0.812 bits per heavy atom. The Bertz CT molecular complexity index is 1240. The highest BCUT2D eigenvalue weighted by atomic mass is 16.5. The zero-order chi connectivity index (χ0) is 22.1.